The van der Waals surface area contributed by atoms with Gasteiger partial charge in [-0.3, -0.25) is 10.1 Å². The highest BCUT2D eigenvalue weighted by Crippen LogP contribution is 2.28. The van der Waals surface area contributed by atoms with Crippen molar-refractivity contribution in [2.24, 2.45) is 0 Å². The van der Waals surface area contributed by atoms with Crippen LogP contribution < -0.4 is 0 Å². The number of hydrogen-bond donors (Lipinski definition) is 1. The molecular formula is C13H14N4O4. The average molecular weight is 290 g/mol. The van der Waals surface area contributed by atoms with E-state index in [0.29, 0.717) is 11.3 Å². The second-order valence-corrected chi connectivity index (χ2v) is 5.48. The summed E-state index contributed by atoms with van der Waals surface area (Å²) >= 11 is 0. The fraction of sp³-hybridized carbons (Fsp3) is 0.308. The minimum absolute atomic E-state index is 0.0644. The molecule has 0 saturated carbocycles. The number of non-ortho nitro benzene ring substituents is 1. The summed E-state index contributed by atoms with van der Waals surface area (Å²) in [5, 5.41) is 27.5. The fourth-order valence-corrected chi connectivity index (χ4v) is 1.90. The highest BCUT2D eigenvalue weighted by atomic mass is 16.6. The van der Waals surface area contributed by atoms with Gasteiger partial charge in [0.05, 0.1) is 10.5 Å². The van der Waals surface area contributed by atoms with Gasteiger partial charge in [-0.2, -0.15) is 0 Å². The number of aromatic carboxylic acids is 1. The number of hydrogen-bond acceptors (Lipinski definition) is 5. The zero-order valence-electron chi connectivity index (χ0n) is 11.8. The van der Waals surface area contributed by atoms with Crippen LogP contribution in [0.3, 0.4) is 0 Å². The van der Waals surface area contributed by atoms with Crippen molar-refractivity contribution >= 4 is 11.7 Å². The molecule has 8 nitrogen and oxygen atoms in total. The molecule has 0 aliphatic rings. The van der Waals surface area contributed by atoms with Crippen LogP contribution in [0.1, 0.15) is 31.3 Å². The lowest BCUT2D eigenvalue weighted by Crippen LogP contribution is -2.24. The zero-order valence-corrected chi connectivity index (χ0v) is 11.8. The molecule has 0 atom stereocenters. The Morgan fingerprint density at radius 3 is 2.29 bits per heavy atom. The molecule has 0 radical (unpaired) electrons. The molecule has 110 valence electrons. The van der Waals surface area contributed by atoms with E-state index >= 15 is 0 Å². The lowest BCUT2D eigenvalue weighted by molar-refractivity contribution is -0.384. The molecule has 8 heteroatoms. The largest absolute Gasteiger partial charge is 0.476 e. The summed E-state index contributed by atoms with van der Waals surface area (Å²) in [5.41, 5.74) is 0.115. The maximum atomic E-state index is 11.3. The molecule has 2 rings (SSSR count). The SMILES string of the molecule is CC(C)(C)n1nnc(C(=O)O)c1-c1ccc([N+](=O)[O-])cc1. The first-order valence-corrected chi connectivity index (χ1v) is 6.16. The van der Waals surface area contributed by atoms with Crippen molar-refractivity contribution < 1.29 is 14.8 Å². The van der Waals surface area contributed by atoms with Crippen LogP contribution in [0, 0.1) is 10.1 Å². The lowest BCUT2D eigenvalue weighted by atomic mass is 10.0. The van der Waals surface area contributed by atoms with Crippen LogP contribution in [0.15, 0.2) is 24.3 Å². The number of carboxylic acid groups (broad SMARTS) is 1. The van der Waals surface area contributed by atoms with Gasteiger partial charge in [0.1, 0.15) is 5.69 Å². The Kier molecular flexibility index (Phi) is 3.46. The number of carboxylic acids is 1. The number of nitro benzene ring substituents is 1. The third-order valence-electron chi connectivity index (χ3n) is 2.86. The van der Waals surface area contributed by atoms with Crippen molar-refractivity contribution in [2.75, 3.05) is 0 Å². The second kappa shape index (κ2) is 4.97. The molecule has 1 aromatic heterocycles. The van der Waals surface area contributed by atoms with Crippen LogP contribution in [-0.4, -0.2) is 31.0 Å². The first-order valence-electron chi connectivity index (χ1n) is 6.16. The molecule has 0 fully saturated rings. The Labute approximate surface area is 120 Å². The molecule has 0 saturated heterocycles. The summed E-state index contributed by atoms with van der Waals surface area (Å²) in [5.74, 6) is -1.20. The van der Waals surface area contributed by atoms with Crippen LogP contribution in [0.25, 0.3) is 11.3 Å². The van der Waals surface area contributed by atoms with Gasteiger partial charge < -0.3 is 5.11 Å². The number of aromatic nitrogens is 3. The Morgan fingerprint density at radius 1 is 1.29 bits per heavy atom. The fourth-order valence-electron chi connectivity index (χ4n) is 1.90. The number of rotatable bonds is 3. The summed E-state index contributed by atoms with van der Waals surface area (Å²) in [6.07, 6.45) is 0. The van der Waals surface area contributed by atoms with E-state index in [-0.39, 0.29) is 11.4 Å². The van der Waals surface area contributed by atoms with Gasteiger partial charge in [0.25, 0.3) is 5.69 Å². The van der Waals surface area contributed by atoms with Crippen molar-refractivity contribution in [1.29, 1.82) is 0 Å². The number of nitro groups is 1. The van der Waals surface area contributed by atoms with E-state index in [9.17, 15) is 20.0 Å². The minimum Gasteiger partial charge on any atom is -0.476 e. The molecule has 1 aromatic carbocycles. The summed E-state index contributed by atoms with van der Waals surface area (Å²) in [6, 6.07) is 5.62. The first kappa shape index (κ1) is 14.6. The van der Waals surface area contributed by atoms with Crippen molar-refractivity contribution in [3.63, 3.8) is 0 Å². The van der Waals surface area contributed by atoms with E-state index < -0.39 is 16.4 Å². The topological polar surface area (TPSA) is 111 Å². The monoisotopic (exact) mass is 290 g/mol. The van der Waals surface area contributed by atoms with Gasteiger partial charge in [0, 0.05) is 17.7 Å². The molecule has 0 aliphatic heterocycles. The van der Waals surface area contributed by atoms with Gasteiger partial charge in [0.2, 0.25) is 0 Å². The summed E-state index contributed by atoms with van der Waals surface area (Å²) in [7, 11) is 0. The van der Waals surface area contributed by atoms with Crippen LogP contribution in [-0.2, 0) is 5.54 Å². The first-order chi connectivity index (χ1) is 9.71. The predicted molar refractivity (Wildman–Crippen MR) is 74.1 cm³/mol. The third kappa shape index (κ3) is 2.73. The molecule has 0 aliphatic carbocycles. The second-order valence-electron chi connectivity index (χ2n) is 5.48. The van der Waals surface area contributed by atoms with E-state index in [4.69, 9.17) is 0 Å². The van der Waals surface area contributed by atoms with Crippen LogP contribution in [0.4, 0.5) is 5.69 Å². The molecule has 0 spiro atoms. The van der Waals surface area contributed by atoms with Crippen molar-refractivity contribution in [3.8, 4) is 11.3 Å². The number of nitrogens with zero attached hydrogens (tertiary/aromatic N) is 4. The molecule has 0 bridgehead atoms. The van der Waals surface area contributed by atoms with Gasteiger partial charge >= 0.3 is 5.97 Å². The standard InChI is InChI=1S/C13H14N4O4/c1-13(2,3)16-11(10(12(18)19)14-15-16)8-4-6-9(7-5-8)17(20)21/h4-7H,1-3H3,(H,18,19). The zero-order chi connectivity index (χ0) is 15.8. The van der Waals surface area contributed by atoms with Crippen molar-refractivity contribution in [1.82, 2.24) is 15.0 Å². The van der Waals surface area contributed by atoms with Crippen LogP contribution in [0.5, 0.6) is 0 Å². The van der Waals surface area contributed by atoms with Gasteiger partial charge in [-0.15, -0.1) is 5.10 Å². The quantitative estimate of drug-likeness (QED) is 0.685. The van der Waals surface area contributed by atoms with E-state index in [1.54, 1.807) is 0 Å². The summed E-state index contributed by atoms with van der Waals surface area (Å²) in [6.45, 7) is 5.59. The van der Waals surface area contributed by atoms with E-state index in [2.05, 4.69) is 10.3 Å². The van der Waals surface area contributed by atoms with E-state index in [1.165, 1.54) is 28.9 Å². The molecule has 21 heavy (non-hydrogen) atoms. The van der Waals surface area contributed by atoms with Crippen LogP contribution >= 0.6 is 0 Å². The molecular weight excluding hydrogens is 276 g/mol. The average Bonchev–Trinajstić information content (AvgIpc) is 2.83. The van der Waals surface area contributed by atoms with Gasteiger partial charge in [-0.05, 0) is 32.9 Å². The molecule has 2 aromatic rings. The van der Waals surface area contributed by atoms with Gasteiger partial charge in [-0.25, -0.2) is 9.48 Å². The molecule has 1 heterocycles. The van der Waals surface area contributed by atoms with E-state index in [0.717, 1.165) is 0 Å². The maximum Gasteiger partial charge on any atom is 0.358 e. The van der Waals surface area contributed by atoms with Crippen LogP contribution in [0.2, 0.25) is 0 Å². The predicted octanol–water partition coefficient (Wildman–Crippen LogP) is 2.31. The third-order valence-corrected chi connectivity index (χ3v) is 2.86. The van der Waals surface area contributed by atoms with Gasteiger partial charge in [-0.1, -0.05) is 5.21 Å². The Morgan fingerprint density at radius 2 is 1.86 bits per heavy atom. The Bertz CT molecular complexity index is 698. The minimum atomic E-state index is -1.20. The highest BCUT2D eigenvalue weighted by Gasteiger charge is 2.27. The van der Waals surface area contributed by atoms with Gasteiger partial charge in [0.15, 0.2) is 5.69 Å². The number of benzene rings is 1. The molecule has 0 unspecified atom stereocenters. The smallest absolute Gasteiger partial charge is 0.358 e. The van der Waals surface area contributed by atoms with Crippen molar-refractivity contribution in [2.45, 2.75) is 26.3 Å². The highest BCUT2D eigenvalue weighted by molar-refractivity contribution is 5.92. The van der Waals surface area contributed by atoms with E-state index in [1.807, 2.05) is 20.8 Å². The Hall–Kier alpha value is -2.77. The normalized spacial score (nSPS) is 11.4. The molecule has 1 N–H and O–H groups in total. The maximum absolute atomic E-state index is 11.3. The lowest BCUT2D eigenvalue weighted by Gasteiger charge is -2.21. The molecule has 0 amide bonds. The Balaban J connectivity index is 2.63. The summed E-state index contributed by atoms with van der Waals surface area (Å²) in [4.78, 5) is 21.5. The van der Waals surface area contributed by atoms with Crippen molar-refractivity contribution in [3.05, 3.63) is 40.1 Å². The number of carbonyl (C=O) groups is 1. The summed E-state index contributed by atoms with van der Waals surface area (Å²) < 4.78 is 1.50.